The zero-order chi connectivity index (χ0) is 15.6. The van der Waals surface area contributed by atoms with Gasteiger partial charge in [0.2, 0.25) is 0 Å². The van der Waals surface area contributed by atoms with E-state index in [9.17, 15) is 4.79 Å². The molecule has 0 aliphatic heterocycles. The predicted molar refractivity (Wildman–Crippen MR) is 84.0 cm³/mol. The highest BCUT2D eigenvalue weighted by Gasteiger charge is 2.24. The summed E-state index contributed by atoms with van der Waals surface area (Å²) in [5, 5.41) is 0.965. The fourth-order valence-electron chi connectivity index (χ4n) is 2.23. The van der Waals surface area contributed by atoms with Crippen LogP contribution in [0.15, 0.2) is 0 Å². The van der Waals surface area contributed by atoms with E-state index in [1.54, 1.807) is 7.11 Å². The summed E-state index contributed by atoms with van der Waals surface area (Å²) < 4.78 is 17.7. The van der Waals surface area contributed by atoms with Crippen molar-refractivity contribution in [2.45, 2.75) is 52.7 Å². The lowest BCUT2D eigenvalue weighted by Gasteiger charge is -2.12. The van der Waals surface area contributed by atoms with Crippen LogP contribution in [0.2, 0.25) is 0 Å². The minimum atomic E-state index is -0.330. The van der Waals surface area contributed by atoms with Crippen molar-refractivity contribution in [1.29, 1.82) is 0 Å². The first-order chi connectivity index (χ1) is 9.93. The Bertz CT molecular complexity index is 640. The van der Waals surface area contributed by atoms with Crippen LogP contribution < -0.4 is 14.5 Å². The Morgan fingerprint density at radius 1 is 1.24 bits per heavy atom. The molecule has 1 aliphatic carbocycles. The molecule has 0 radical (unpaired) electrons. The summed E-state index contributed by atoms with van der Waals surface area (Å²) in [6.45, 7) is 7.58. The second kappa shape index (κ2) is 6.52. The van der Waals surface area contributed by atoms with Crippen LogP contribution in [0.1, 0.15) is 50.2 Å². The summed E-state index contributed by atoms with van der Waals surface area (Å²) in [5.41, 5.74) is 0. The van der Waals surface area contributed by atoms with Crippen LogP contribution in [0.4, 0.5) is 0 Å². The van der Waals surface area contributed by atoms with E-state index in [4.69, 9.17) is 14.2 Å². The highest BCUT2D eigenvalue weighted by atomic mass is 32.1. The van der Waals surface area contributed by atoms with Crippen LogP contribution in [0.5, 0.6) is 5.75 Å². The number of hydrogen-bond acceptors (Lipinski definition) is 5. The van der Waals surface area contributed by atoms with Gasteiger partial charge in [0, 0.05) is 11.6 Å². The van der Waals surface area contributed by atoms with E-state index in [0.29, 0.717) is 10.6 Å². The number of carbonyl (C=O) groups is 1. The molecule has 0 saturated carbocycles. The third-order valence-corrected chi connectivity index (χ3v) is 4.21. The molecule has 5 heteroatoms. The van der Waals surface area contributed by atoms with Crippen molar-refractivity contribution in [3.8, 4) is 5.75 Å². The molecule has 0 spiro atoms. The van der Waals surface area contributed by atoms with Crippen molar-refractivity contribution < 1.29 is 19.0 Å². The molecule has 0 N–H and O–H groups in total. The highest BCUT2D eigenvalue weighted by molar-refractivity contribution is 7.12. The molecule has 0 bridgehead atoms. The predicted octanol–water partition coefficient (Wildman–Crippen LogP) is 2.43. The van der Waals surface area contributed by atoms with Crippen LogP contribution in [0, 0.1) is 0 Å². The summed E-state index contributed by atoms with van der Waals surface area (Å²) in [5.74, 6) is 1.21. The van der Waals surface area contributed by atoms with Crippen molar-refractivity contribution in [2.24, 2.45) is 0 Å². The zero-order valence-corrected chi connectivity index (χ0v) is 14.0. The molecular weight excluding hydrogens is 288 g/mol. The fourth-order valence-corrected chi connectivity index (χ4v) is 3.40. The Balaban J connectivity index is 2.60. The Morgan fingerprint density at radius 3 is 2.52 bits per heavy atom. The lowest BCUT2D eigenvalue weighted by Crippen LogP contribution is -2.27. The van der Waals surface area contributed by atoms with Gasteiger partial charge in [0.1, 0.15) is 5.76 Å². The first-order valence-corrected chi connectivity index (χ1v) is 8.03. The molecule has 2 rings (SSSR count). The Labute approximate surface area is 129 Å². The smallest absolute Gasteiger partial charge is 0.352 e. The summed E-state index contributed by atoms with van der Waals surface area (Å²) in [6.07, 6.45) is 3.69. The monoisotopic (exact) mass is 310 g/mol. The topological polar surface area (TPSA) is 44.8 Å². The maximum absolute atomic E-state index is 12.3. The third-order valence-electron chi connectivity index (χ3n) is 3.00. The standard InChI is InChI=1S/C16H22O4S/c1-9(2)19-13-11-7-6-8-12(18-5)14(11)21-15(13)16(17)20-10(3)4/h7,9-10H,6,8H2,1-5H3. The van der Waals surface area contributed by atoms with Crippen LogP contribution in [0.3, 0.4) is 0 Å². The molecule has 1 aromatic heterocycles. The number of rotatable bonds is 5. The van der Waals surface area contributed by atoms with Gasteiger partial charge < -0.3 is 14.2 Å². The number of thiophene rings is 1. The van der Waals surface area contributed by atoms with Crippen molar-refractivity contribution in [2.75, 3.05) is 7.11 Å². The van der Waals surface area contributed by atoms with E-state index in [0.717, 1.165) is 28.4 Å². The molecule has 0 aromatic carbocycles. The summed E-state index contributed by atoms with van der Waals surface area (Å²) in [4.78, 5) is 12.8. The molecule has 21 heavy (non-hydrogen) atoms. The number of esters is 1. The first-order valence-electron chi connectivity index (χ1n) is 7.21. The van der Waals surface area contributed by atoms with E-state index >= 15 is 0 Å². The summed E-state index contributed by atoms with van der Waals surface area (Å²) in [7, 11) is 1.67. The number of ether oxygens (including phenoxy) is 3. The van der Waals surface area contributed by atoms with E-state index in [-0.39, 0.29) is 18.2 Å². The zero-order valence-electron chi connectivity index (χ0n) is 13.2. The molecule has 1 aromatic rings. The van der Waals surface area contributed by atoms with Crippen molar-refractivity contribution in [3.05, 3.63) is 14.6 Å². The molecular formula is C16H22O4S. The van der Waals surface area contributed by atoms with Crippen molar-refractivity contribution >= 4 is 29.1 Å². The fraction of sp³-hybridized carbons (Fsp3) is 0.562. The van der Waals surface area contributed by atoms with Crippen LogP contribution in [-0.4, -0.2) is 25.3 Å². The summed E-state index contributed by atoms with van der Waals surface area (Å²) in [6, 6.07) is 0. The molecule has 1 aliphatic rings. The molecule has 116 valence electrons. The minimum Gasteiger partial charge on any atom is -0.500 e. The molecule has 1 heterocycles. The average Bonchev–Trinajstić information content (AvgIpc) is 2.76. The van der Waals surface area contributed by atoms with Gasteiger partial charge in [-0.1, -0.05) is 6.08 Å². The maximum atomic E-state index is 12.3. The van der Waals surface area contributed by atoms with Crippen LogP contribution >= 0.6 is 11.3 Å². The normalized spacial score (nSPS) is 14.0. The van der Waals surface area contributed by atoms with E-state index in [2.05, 4.69) is 6.08 Å². The third kappa shape index (κ3) is 3.40. The molecule has 4 nitrogen and oxygen atoms in total. The number of hydrogen-bond donors (Lipinski definition) is 0. The number of methoxy groups -OCH3 is 1. The Hall–Kier alpha value is -1.49. The van der Waals surface area contributed by atoms with E-state index < -0.39 is 0 Å². The van der Waals surface area contributed by atoms with Gasteiger partial charge in [-0.25, -0.2) is 4.79 Å². The highest BCUT2D eigenvalue weighted by Crippen LogP contribution is 2.23. The van der Waals surface area contributed by atoms with Crippen LogP contribution in [0.25, 0.3) is 11.8 Å². The Morgan fingerprint density at radius 2 is 1.95 bits per heavy atom. The first kappa shape index (κ1) is 15.9. The second-order valence-electron chi connectivity index (χ2n) is 5.49. The van der Waals surface area contributed by atoms with E-state index in [1.807, 2.05) is 27.7 Å². The molecule has 0 fully saturated rings. The van der Waals surface area contributed by atoms with Crippen LogP contribution in [-0.2, 0) is 9.47 Å². The van der Waals surface area contributed by atoms with Gasteiger partial charge in [-0.05, 0) is 34.1 Å². The molecule has 0 unspecified atom stereocenters. The largest absolute Gasteiger partial charge is 0.500 e. The molecule has 0 amide bonds. The summed E-state index contributed by atoms with van der Waals surface area (Å²) >= 11 is 1.39. The van der Waals surface area contributed by atoms with Crippen molar-refractivity contribution in [3.63, 3.8) is 0 Å². The number of carbonyl (C=O) groups excluding carboxylic acids is 1. The lowest BCUT2D eigenvalue weighted by molar-refractivity contribution is 0.0378. The van der Waals surface area contributed by atoms with Crippen molar-refractivity contribution in [1.82, 2.24) is 0 Å². The van der Waals surface area contributed by atoms with Gasteiger partial charge in [-0.3, -0.25) is 0 Å². The van der Waals surface area contributed by atoms with Gasteiger partial charge in [-0.15, -0.1) is 11.3 Å². The minimum absolute atomic E-state index is 0.00405. The van der Waals surface area contributed by atoms with Gasteiger partial charge >= 0.3 is 5.97 Å². The average molecular weight is 310 g/mol. The lowest BCUT2D eigenvalue weighted by atomic mass is 10.1. The Kier molecular flexibility index (Phi) is 4.93. The molecule has 0 saturated heterocycles. The van der Waals surface area contributed by atoms with Gasteiger partial charge in [0.15, 0.2) is 10.6 Å². The van der Waals surface area contributed by atoms with E-state index in [1.165, 1.54) is 11.3 Å². The second-order valence-corrected chi connectivity index (χ2v) is 6.51. The SMILES string of the molecule is COC1=c2sc(C(=O)OC(C)C)c(OC(C)C)c2=CCC1. The number of fused-ring (bicyclic) bond motifs is 1. The maximum Gasteiger partial charge on any atom is 0.352 e. The molecule has 0 atom stereocenters. The quantitative estimate of drug-likeness (QED) is 0.784. The van der Waals surface area contributed by atoms with Gasteiger partial charge in [0.25, 0.3) is 0 Å². The van der Waals surface area contributed by atoms with Gasteiger partial charge in [-0.2, -0.15) is 0 Å². The van der Waals surface area contributed by atoms with Gasteiger partial charge in [0.05, 0.1) is 23.9 Å².